The molecule has 1 aromatic carbocycles. The van der Waals surface area contributed by atoms with Gasteiger partial charge in [-0.1, -0.05) is 12.6 Å². The number of ether oxygens (including phenoxy) is 1. The van der Waals surface area contributed by atoms with E-state index in [0.717, 1.165) is 0 Å². The molecule has 76 valence electrons. The van der Waals surface area contributed by atoms with Crippen molar-refractivity contribution < 1.29 is 14.2 Å². The van der Waals surface area contributed by atoms with E-state index in [1.54, 1.807) is 13.0 Å². The van der Waals surface area contributed by atoms with Crippen LogP contribution < -0.4 is 4.74 Å². The summed E-state index contributed by atoms with van der Waals surface area (Å²) < 4.78 is 18.0. The van der Waals surface area contributed by atoms with Gasteiger partial charge in [0, 0.05) is 0 Å². The highest BCUT2D eigenvalue weighted by Crippen LogP contribution is 2.24. The first-order chi connectivity index (χ1) is 6.56. The molecule has 1 unspecified atom stereocenters. The van der Waals surface area contributed by atoms with Crippen molar-refractivity contribution in [3.05, 3.63) is 41.7 Å². The third kappa shape index (κ3) is 2.12. The summed E-state index contributed by atoms with van der Waals surface area (Å²) in [4.78, 5) is 0. The third-order valence-corrected chi connectivity index (χ3v) is 1.96. The molecule has 0 saturated heterocycles. The number of hydrogen-bond acceptors (Lipinski definition) is 2. The Morgan fingerprint density at radius 3 is 2.64 bits per heavy atom. The predicted octanol–water partition coefficient (Wildman–Crippen LogP) is 2.44. The summed E-state index contributed by atoms with van der Waals surface area (Å²) in [6.07, 6.45) is -0.824. The van der Waals surface area contributed by atoms with E-state index in [1.165, 1.54) is 19.2 Å². The first-order valence-electron chi connectivity index (χ1n) is 4.23. The van der Waals surface area contributed by atoms with Crippen LogP contribution in [0.4, 0.5) is 4.39 Å². The number of methoxy groups -OCH3 is 1. The second kappa shape index (κ2) is 4.24. The van der Waals surface area contributed by atoms with E-state index >= 15 is 0 Å². The average molecular weight is 196 g/mol. The quantitative estimate of drug-likeness (QED) is 0.752. The van der Waals surface area contributed by atoms with Crippen LogP contribution in [0.15, 0.2) is 30.4 Å². The molecule has 0 aliphatic rings. The van der Waals surface area contributed by atoms with Gasteiger partial charge in [0.1, 0.15) is 0 Å². The van der Waals surface area contributed by atoms with Gasteiger partial charge in [-0.05, 0) is 30.2 Å². The van der Waals surface area contributed by atoms with Gasteiger partial charge in [-0.3, -0.25) is 0 Å². The molecule has 0 aromatic heterocycles. The monoisotopic (exact) mass is 196 g/mol. The molecule has 1 rings (SSSR count). The normalized spacial score (nSPS) is 12.3. The zero-order valence-corrected chi connectivity index (χ0v) is 8.25. The molecule has 1 N–H and O–H groups in total. The van der Waals surface area contributed by atoms with E-state index in [0.29, 0.717) is 11.1 Å². The molecule has 14 heavy (non-hydrogen) atoms. The largest absolute Gasteiger partial charge is 0.494 e. The fourth-order valence-corrected chi connectivity index (χ4v) is 1.14. The van der Waals surface area contributed by atoms with Gasteiger partial charge in [-0.15, -0.1) is 0 Å². The van der Waals surface area contributed by atoms with Crippen molar-refractivity contribution in [3.8, 4) is 5.75 Å². The van der Waals surface area contributed by atoms with E-state index in [1.807, 2.05) is 0 Å². The van der Waals surface area contributed by atoms with Gasteiger partial charge in [0.25, 0.3) is 0 Å². The summed E-state index contributed by atoms with van der Waals surface area (Å²) >= 11 is 0. The van der Waals surface area contributed by atoms with E-state index < -0.39 is 11.9 Å². The lowest BCUT2D eigenvalue weighted by Gasteiger charge is -2.11. The highest BCUT2D eigenvalue weighted by Gasteiger charge is 2.11. The molecule has 0 radical (unpaired) electrons. The van der Waals surface area contributed by atoms with Gasteiger partial charge >= 0.3 is 0 Å². The van der Waals surface area contributed by atoms with Gasteiger partial charge in [0.15, 0.2) is 11.6 Å². The van der Waals surface area contributed by atoms with E-state index in [2.05, 4.69) is 6.58 Å². The zero-order valence-electron chi connectivity index (χ0n) is 8.25. The molecule has 0 fully saturated rings. The molecular formula is C11H13FO2. The van der Waals surface area contributed by atoms with Gasteiger partial charge in [-0.2, -0.15) is 0 Å². The summed E-state index contributed by atoms with van der Waals surface area (Å²) in [7, 11) is 1.40. The summed E-state index contributed by atoms with van der Waals surface area (Å²) in [6, 6.07) is 4.34. The van der Waals surface area contributed by atoms with Crippen molar-refractivity contribution in [2.45, 2.75) is 13.0 Å². The van der Waals surface area contributed by atoms with Crippen LogP contribution in [-0.2, 0) is 0 Å². The Kier molecular flexibility index (Phi) is 3.25. The van der Waals surface area contributed by atoms with Crippen LogP contribution in [0.5, 0.6) is 5.75 Å². The van der Waals surface area contributed by atoms with Crippen LogP contribution in [0.25, 0.3) is 0 Å². The second-order valence-electron chi connectivity index (χ2n) is 3.14. The predicted molar refractivity (Wildman–Crippen MR) is 52.7 cm³/mol. The molecule has 1 atom stereocenters. The number of aliphatic hydroxyl groups excluding tert-OH is 1. The molecule has 0 bridgehead atoms. The summed E-state index contributed by atoms with van der Waals surface area (Å²) in [5, 5.41) is 9.58. The highest BCUT2D eigenvalue weighted by molar-refractivity contribution is 5.32. The summed E-state index contributed by atoms with van der Waals surface area (Å²) in [5.41, 5.74) is 1.06. The van der Waals surface area contributed by atoms with E-state index in [4.69, 9.17) is 4.74 Å². The number of benzene rings is 1. The SMILES string of the molecule is C=C(C)C(O)c1ccc(OC)c(F)c1. The number of aliphatic hydroxyl groups is 1. The Morgan fingerprint density at radius 2 is 2.21 bits per heavy atom. The van der Waals surface area contributed by atoms with Crippen molar-refractivity contribution in [2.24, 2.45) is 0 Å². The Morgan fingerprint density at radius 1 is 1.57 bits per heavy atom. The lowest BCUT2D eigenvalue weighted by Crippen LogP contribution is -1.99. The number of hydrogen-bond donors (Lipinski definition) is 1. The molecule has 3 heteroatoms. The Hall–Kier alpha value is -1.35. The second-order valence-corrected chi connectivity index (χ2v) is 3.14. The molecule has 1 aromatic rings. The smallest absolute Gasteiger partial charge is 0.165 e. The van der Waals surface area contributed by atoms with Crippen molar-refractivity contribution in [2.75, 3.05) is 7.11 Å². The molecule has 0 aliphatic heterocycles. The van der Waals surface area contributed by atoms with Crippen molar-refractivity contribution in [3.63, 3.8) is 0 Å². The molecule has 2 nitrogen and oxygen atoms in total. The van der Waals surface area contributed by atoms with Crippen LogP contribution in [-0.4, -0.2) is 12.2 Å². The number of halogens is 1. The summed E-state index contributed by atoms with van der Waals surface area (Å²) in [5.74, 6) is -0.312. The molecule has 0 amide bonds. The molecule has 0 saturated carbocycles. The maximum Gasteiger partial charge on any atom is 0.165 e. The number of rotatable bonds is 3. The van der Waals surface area contributed by atoms with Crippen LogP contribution in [0.1, 0.15) is 18.6 Å². The Labute approximate surface area is 82.6 Å². The molecular weight excluding hydrogens is 183 g/mol. The van der Waals surface area contributed by atoms with Crippen LogP contribution in [0, 0.1) is 5.82 Å². The lowest BCUT2D eigenvalue weighted by atomic mass is 10.0. The fourth-order valence-electron chi connectivity index (χ4n) is 1.14. The fraction of sp³-hybridized carbons (Fsp3) is 0.273. The Balaban J connectivity index is 3.02. The standard InChI is InChI=1S/C11H13FO2/c1-7(2)11(13)8-4-5-10(14-3)9(12)6-8/h4-6,11,13H,1H2,2-3H3. The van der Waals surface area contributed by atoms with Gasteiger partial charge in [0.05, 0.1) is 13.2 Å². The average Bonchev–Trinajstić information content (AvgIpc) is 2.16. The molecule has 0 spiro atoms. The van der Waals surface area contributed by atoms with Crippen LogP contribution in [0.2, 0.25) is 0 Å². The van der Waals surface area contributed by atoms with Gasteiger partial charge in [0.2, 0.25) is 0 Å². The zero-order chi connectivity index (χ0) is 10.7. The first kappa shape index (κ1) is 10.7. The molecule has 0 heterocycles. The maximum atomic E-state index is 13.2. The third-order valence-electron chi connectivity index (χ3n) is 1.96. The van der Waals surface area contributed by atoms with Crippen molar-refractivity contribution in [1.82, 2.24) is 0 Å². The van der Waals surface area contributed by atoms with Gasteiger partial charge in [-0.25, -0.2) is 4.39 Å². The molecule has 0 aliphatic carbocycles. The van der Waals surface area contributed by atoms with Crippen molar-refractivity contribution >= 4 is 0 Å². The minimum atomic E-state index is -0.824. The van der Waals surface area contributed by atoms with Crippen LogP contribution >= 0.6 is 0 Å². The minimum Gasteiger partial charge on any atom is -0.494 e. The van der Waals surface area contributed by atoms with Crippen molar-refractivity contribution in [1.29, 1.82) is 0 Å². The first-order valence-corrected chi connectivity index (χ1v) is 4.23. The van der Waals surface area contributed by atoms with Gasteiger partial charge < -0.3 is 9.84 Å². The minimum absolute atomic E-state index is 0.169. The summed E-state index contributed by atoms with van der Waals surface area (Å²) in [6.45, 7) is 5.29. The maximum absolute atomic E-state index is 13.2. The Bertz CT molecular complexity index is 347. The topological polar surface area (TPSA) is 29.5 Å². The van der Waals surface area contributed by atoms with Crippen LogP contribution in [0.3, 0.4) is 0 Å². The highest BCUT2D eigenvalue weighted by atomic mass is 19.1. The van der Waals surface area contributed by atoms with E-state index in [-0.39, 0.29) is 5.75 Å². The van der Waals surface area contributed by atoms with E-state index in [9.17, 15) is 9.50 Å². The lowest BCUT2D eigenvalue weighted by molar-refractivity contribution is 0.215.